The quantitative estimate of drug-likeness (QED) is 0.548. The molecule has 34 heavy (non-hydrogen) atoms. The van der Waals surface area contributed by atoms with Gasteiger partial charge in [-0.2, -0.15) is 0 Å². The van der Waals surface area contributed by atoms with Crippen molar-refractivity contribution in [3.8, 4) is 5.75 Å². The largest absolute Gasteiger partial charge is 0.497 e. The van der Waals surface area contributed by atoms with Gasteiger partial charge in [-0.25, -0.2) is 0 Å². The average Bonchev–Trinajstić information content (AvgIpc) is 3.14. The van der Waals surface area contributed by atoms with E-state index in [9.17, 15) is 9.59 Å². The molecule has 0 radical (unpaired) electrons. The number of rotatable bonds is 6. The third-order valence-corrected chi connectivity index (χ3v) is 6.09. The number of hydrazone groups is 1. The number of carbonyl (C=O) groups excluding carboxylic acids is 2. The maximum absolute atomic E-state index is 13.0. The fourth-order valence-corrected chi connectivity index (χ4v) is 4.04. The number of nitrogens with one attached hydrogen (secondary N) is 2. The second kappa shape index (κ2) is 9.91. The van der Waals surface area contributed by atoms with Crippen LogP contribution in [0.2, 0.25) is 0 Å². The van der Waals surface area contributed by atoms with E-state index in [2.05, 4.69) is 36.7 Å². The first kappa shape index (κ1) is 23.2. The van der Waals surface area contributed by atoms with Gasteiger partial charge in [-0.1, -0.05) is 43.7 Å². The Morgan fingerprint density at radius 3 is 2.24 bits per heavy atom. The third kappa shape index (κ3) is 5.01. The maximum Gasteiger partial charge on any atom is 0.304 e. The van der Waals surface area contributed by atoms with E-state index >= 15 is 0 Å². The summed E-state index contributed by atoms with van der Waals surface area (Å²) in [6.45, 7) is 6.27. The van der Waals surface area contributed by atoms with E-state index < -0.39 is 12.1 Å². The predicted molar refractivity (Wildman–Crippen MR) is 132 cm³/mol. The summed E-state index contributed by atoms with van der Waals surface area (Å²) in [6, 6.07) is 21.9. The highest BCUT2D eigenvalue weighted by Gasteiger charge is 2.47. The molecule has 1 aliphatic rings. The Hall–Kier alpha value is -3.93. The summed E-state index contributed by atoms with van der Waals surface area (Å²) < 4.78 is 7.06. The molecule has 1 heterocycles. The Morgan fingerprint density at radius 1 is 1.00 bits per heavy atom. The molecule has 0 unspecified atom stereocenters. The number of benzene rings is 3. The van der Waals surface area contributed by atoms with E-state index in [4.69, 9.17) is 4.74 Å². The highest BCUT2D eigenvalue weighted by Crippen LogP contribution is 2.27. The Labute approximate surface area is 200 Å². The second-order valence-electron chi connectivity index (χ2n) is 8.87. The molecule has 3 aromatic carbocycles. The van der Waals surface area contributed by atoms with E-state index in [1.54, 1.807) is 23.9 Å². The Morgan fingerprint density at radius 2 is 1.65 bits per heavy atom. The van der Waals surface area contributed by atoms with Gasteiger partial charge in [-0.15, -0.1) is 10.1 Å². The lowest BCUT2D eigenvalue weighted by Gasteiger charge is -2.15. The number of hydrogen-bond donors (Lipinski definition) is 2. The minimum atomic E-state index is -0.770. The number of aryl methyl sites for hydroxylation is 1. The summed E-state index contributed by atoms with van der Waals surface area (Å²) >= 11 is 0. The van der Waals surface area contributed by atoms with Gasteiger partial charge in [0.1, 0.15) is 5.75 Å². The van der Waals surface area contributed by atoms with Crippen molar-refractivity contribution in [1.29, 1.82) is 0 Å². The SMILES string of the molecule is COc1ccc([C@@H]2[C@H](NC(=O)c3ccc(C)cc3)C(=O)N/[N+]2=C\c2ccc(C(C)C)cc2)cc1. The molecular weight excluding hydrogens is 426 g/mol. The molecule has 2 amide bonds. The van der Waals surface area contributed by atoms with E-state index in [0.717, 1.165) is 22.4 Å². The van der Waals surface area contributed by atoms with Gasteiger partial charge in [-0.3, -0.25) is 9.59 Å². The van der Waals surface area contributed by atoms with Crippen molar-refractivity contribution < 1.29 is 19.0 Å². The van der Waals surface area contributed by atoms with E-state index in [0.29, 0.717) is 11.5 Å². The summed E-state index contributed by atoms with van der Waals surface area (Å²) in [7, 11) is 1.61. The van der Waals surface area contributed by atoms with Crippen LogP contribution in [0.4, 0.5) is 0 Å². The molecule has 0 aromatic heterocycles. The Bertz CT molecular complexity index is 1200. The summed E-state index contributed by atoms with van der Waals surface area (Å²) in [4.78, 5) is 26.0. The molecule has 4 rings (SSSR count). The molecular formula is C28H30N3O3+. The number of hydrazine groups is 1. The van der Waals surface area contributed by atoms with Gasteiger partial charge in [-0.05, 0) is 66.9 Å². The standard InChI is InChI=1S/C28H29N3O3/c1-18(2)21-11-7-20(8-12-21)17-31-26(22-13-15-24(34-4)16-14-22)25(28(33)30-31)29-27(32)23-9-5-19(3)6-10-23/h5-18,25-26H,1-4H3,(H-,29,30,32,33)/p+1/b31-17-/t25-,26+/m0/s1. The van der Waals surface area contributed by atoms with Crippen LogP contribution in [0.5, 0.6) is 5.75 Å². The zero-order valence-electron chi connectivity index (χ0n) is 19.9. The number of nitrogens with zero attached hydrogens (tertiary/aromatic N) is 1. The zero-order valence-corrected chi connectivity index (χ0v) is 19.9. The second-order valence-corrected chi connectivity index (χ2v) is 8.87. The Kier molecular flexibility index (Phi) is 6.77. The predicted octanol–water partition coefficient (Wildman–Crippen LogP) is 4.14. The van der Waals surface area contributed by atoms with Gasteiger partial charge >= 0.3 is 5.91 Å². The highest BCUT2D eigenvalue weighted by atomic mass is 16.5. The first-order valence-corrected chi connectivity index (χ1v) is 11.4. The molecule has 6 nitrogen and oxygen atoms in total. The van der Waals surface area contributed by atoms with Crippen LogP contribution >= 0.6 is 0 Å². The lowest BCUT2D eigenvalue weighted by Crippen LogP contribution is -2.42. The van der Waals surface area contributed by atoms with Gasteiger partial charge in [0.15, 0.2) is 6.04 Å². The Balaban J connectivity index is 1.68. The maximum atomic E-state index is 13.0. The summed E-state index contributed by atoms with van der Waals surface area (Å²) in [5.41, 5.74) is 7.58. The third-order valence-electron chi connectivity index (χ3n) is 6.09. The van der Waals surface area contributed by atoms with Crippen molar-refractivity contribution in [3.63, 3.8) is 0 Å². The van der Waals surface area contributed by atoms with Crippen LogP contribution in [0, 0.1) is 6.92 Å². The number of methoxy groups -OCH3 is 1. The minimum Gasteiger partial charge on any atom is -0.497 e. The smallest absolute Gasteiger partial charge is 0.304 e. The molecule has 0 aliphatic carbocycles. The molecule has 1 aliphatic heterocycles. The molecule has 2 N–H and O–H groups in total. The monoisotopic (exact) mass is 456 g/mol. The lowest BCUT2D eigenvalue weighted by molar-refractivity contribution is -0.596. The summed E-state index contributed by atoms with van der Waals surface area (Å²) in [6.07, 6.45) is 1.90. The number of amides is 2. The van der Waals surface area contributed by atoms with Crippen LogP contribution in [0.25, 0.3) is 0 Å². The van der Waals surface area contributed by atoms with Gasteiger partial charge in [0, 0.05) is 16.7 Å². The molecule has 6 heteroatoms. The fourth-order valence-electron chi connectivity index (χ4n) is 4.04. The van der Waals surface area contributed by atoms with Crippen molar-refractivity contribution in [1.82, 2.24) is 10.7 Å². The van der Waals surface area contributed by atoms with Crippen LogP contribution in [-0.2, 0) is 4.79 Å². The molecule has 1 fully saturated rings. The molecule has 2 atom stereocenters. The van der Waals surface area contributed by atoms with E-state index in [1.165, 1.54) is 5.56 Å². The number of carbonyl (C=O) groups is 2. The van der Waals surface area contributed by atoms with Gasteiger partial charge in [0.25, 0.3) is 5.91 Å². The van der Waals surface area contributed by atoms with Gasteiger partial charge in [0.2, 0.25) is 12.3 Å². The van der Waals surface area contributed by atoms with E-state index in [1.807, 2.05) is 61.7 Å². The number of ether oxygens (including phenoxy) is 1. The molecule has 0 saturated carbocycles. The van der Waals surface area contributed by atoms with Crippen LogP contribution < -0.4 is 15.5 Å². The fraction of sp³-hybridized carbons (Fsp3) is 0.250. The van der Waals surface area contributed by atoms with Gasteiger partial charge in [0.05, 0.1) is 7.11 Å². The molecule has 0 bridgehead atoms. The minimum absolute atomic E-state index is 0.267. The first-order valence-electron chi connectivity index (χ1n) is 11.4. The van der Waals surface area contributed by atoms with Crippen molar-refractivity contribution in [2.45, 2.75) is 38.8 Å². The normalized spacial score (nSPS) is 18.7. The lowest BCUT2D eigenvalue weighted by atomic mass is 9.99. The first-order chi connectivity index (χ1) is 16.4. The van der Waals surface area contributed by atoms with Crippen molar-refractivity contribution in [2.75, 3.05) is 7.11 Å². The zero-order chi connectivity index (χ0) is 24.2. The van der Waals surface area contributed by atoms with Crippen molar-refractivity contribution >= 4 is 18.0 Å². The van der Waals surface area contributed by atoms with Gasteiger partial charge < -0.3 is 10.1 Å². The highest BCUT2D eigenvalue weighted by molar-refractivity contribution is 5.98. The summed E-state index contributed by atoms with van der Waals surface area (Å²) in [5, 5.41) is 2.94. The van der Waals surface area contributed by atoms with E-state index in [-0.39, 0.29) is 11.8 Å². The van der Waals surface area contributed by atoms with Crippen LogP contribution in [0.3, 0.4) is 0 Å². The molecule has 3 aromatic rings. The van der Waals surface area contributed by atoms with Crippen LogP contribution in [-0.4, -0.2) is 35.9 Å². The van der Waals surface area contributed by atoms with Crippen LogP contribution in [0.15, 0.2) is 72.8 Å². The number of hydrogen-bond acceptors (Lipinski definition) is 3. The average molecular weight is 457 g/mol. The van der Waals surface area contributed by atoms with Crippen molar-refractivity contribution in [3.05, 3.63) is 101 Å². The topological polar surface area (TPSA) is 70.4 Å². The molecule has 1 saturated heterocycles. The molecule has 0 spiro atoms. The van der Waals surface area contributed by atoms with Crippen LogP contribution in [0.1, 0.15) is 58.4 Å². The molecule has 174 valence electrons. The summed E-state index contributed by atoms with van der Waals surface area (Å²) in [5.74, 6) is 0.605. The van der Waals surface area contributed by atoms with Crippen molar-refractivity contribution in [2.24, 2.45) is 0 Å².